The fourth-order valence-corrected chi connectivity index (χ4v) is 3.09. The molecular formula is C14H14FNO2S2. The van der Waals surface area contributed by atoms with Gasteiger partial charge in [-0.15, -0.1) is 0 Å². The van der Waals surface area contributed by atoms with Gasteiger partial charge < -0.3 is 5.73 Å². The molecule has 0 bridgehead atoms. The molecule has 3 nitrogen and oxygen atoms in total. The highest BCUT2D eigenvalue weighted by Crippen LogP contribution is 2.30. The number of benzene rings is 2. The third-order valence-electron chi connectivity index (χ3n) is 2.71. The summed E-state index contributed by atoms with van der Waals surface area (Å²) < 4.78 is 36.5. The first kappa shape index (κ1) is 15.0. The van der Waals surface area contributed by atoms with Crippen molar-refractivity contribution in [3.63, 3.8) is 0 Å². The number of rotatable bonds is 4. The summed E-state index contributed by atoms with van der Waals surface area (Å²) in [4.78, 5) is 1.51. The van der Waals surface area contributed by atoms with Crippen LogP contribution in [0.5, 0.6) is 0 Å². The molecule has 0 saturated heterocycles. The van der Waals surface area contributed by atoms with E-state index in [1.165, 1.54) is 30.0 Å². The van der Waals surface area contributed by atoms with E-state index in [1.807, 2.05) is 0 Å². The molecule has 0 fully saturated rings. The summed E-state index contributed by atoms with van der Waals surface area (Å²) in [6.07, 6.45) is 1.15. The van der Waals surface area contributed by atoms with Gasteiger partial charge in [-0.3, -0.25) is 0 Å². The number of nitrogens with two attached hydrogens (primary N) is 1. The van der Waals surface area contributed by atoms with E-state index in [2.05, 4.69) is 0 Å². The molecule has 2 N–H and O–H groups in total. The lowest BCUT2D eigenvalue weighted by Gasteiger charge is -2.06. The quantitative estimate of drug-likeness (QED) is 0.943. The van der Waals surface area contributed by atoms with Crippen LogP contribution in [-0.4, -0.2) is 14.7 Å². The molecule has 20 heavy (non-hydrogen) atoms. The van der Waals surface area contributed by atoms with Crippen LogP contribution in [0.3, 0.4) is 0 Å². The summed E-state index contributed by atoms with van der Waals surface area (Å²) in [5, 5.41) is 0. The number of sulfone groups is 1. The van der Waals surface area contributed by atoms with E-state index in [4.69, 9.17) is 5.73 Å². The van der Waals surface area contributed by atoms with E-state index in [1.54, 1.807) is 24.3 Å². The van der Waals surface area contributed by atoms with Crippen molar-refractivity contribution in [3.05, 3.63) is 53.8 Å². The average molecular weight is 311 g/mol. The standard InChI is InChI=1S/C14H14FNO2S2/c1-20(17,18)12-5-3-11(4-6-12)19-14-7-2-10(9-16)8-13(14)15/h2-8H,9,16H2,1H3. The van der Waals surface area contributed by atoms with Gasteiger partial charge in [-0.2, -0.15) is 0 Å². The second kappa shape index (κ2) is 5.95. The topological polar surface area (TPSA) is 60.2 Å². The Hall–Kier alpha value is -1.37. The molecule has 0 aliphatic carbocycles. The number of halogens is 1. The maximum Gasteiger partial charge on any atom is 0.175 e. The van der Waals surface area contributed by atoms with Gasteiger partial charge in [0.25, 0.3) is 0 Å². The van der Waals surface area contributed by atoms with Crippen LogP contribution in [0.15, 0.2) is 57.2 Å². The van der Waals surface area contributed by atoms with Crippen LogP contribution in [-0.2, 0) is 16.4 Å². The van der Waals surface area contributed by atoms with Gasteiger partial charge in [0.15, 0.2) is 9.84 Å². The molecule has 106 valence electrons. The zero-order chi connectivity index (χ0) is 14.8. The molecule has 0 amide bonds. The van der Waals surface area contributed by atoms with Crippen molar-refractivity contribution in [2.75, 3.05) is 6.26 Å². The second-order valence-corrected chi connectivity index (χ2v) is 7.45. The molecule has 0 saturated carbocycles. The molecule has 0 spiro atoms. The van der Waals surface area contributed by atoms with E-state index >= 15 is 0 Å². The van der Waals surface area contributed by atoms with E-state index in [0.717, 1.165) is 16.7 Å². The Labute approximate surface area is 121 Å². The molecule has 2 aromatic carbocycles. The van der Waals surface area contributed by atoms with Crippen molar-refractivity contribution in [2.24, 2.45) is 5.73 Å². The molecule has 0 aliphatic rings. The van der Waals surface area contributed by atoms with Gasteiger partial charge in [0.2, 0.25) is 0 Å². The Morgan fingerprint density at radius 2 is 1.80 bits per heavy atom. The number of hydrogen-bond donors (Lipinski definition) is 1. The van der Waals surface area contributed by atoms with Crippen LogP contribution in [0, 0.1) is 5.82 Å². The summed E-state index contributed by atoms with van der Waals surface area (Å²) in [5.41, 5.74) is 6.18. The normalized spacial score (nSPS) is 11.6. The van der Waals surface area contributed by atoms with Crippen molar-refractivity contribution in [1.29, 1.82) is 0 Å². The summed E-state index contributed by atoms with van der Waals surface area (Å²) >= 11 is 1.24. The first-order chi connectivity index (χ1) is 9.40. The van der Waals surface area contributed by atoms with E-state index in [0.29, 0.717) is 11.4 Å². The molecule has 0 radical (unpaired) electrons. The molecular weight excluding hydrogens is 297 g/mol. The Balaban J connectivity index is 2.22. The molecule has 0 atom stereocenters. The minimum absolute atomic E-state index is 0.251. The minimum atomic E-state index is -3.21. The lowest BCUT2D eigenvalue weighted by Crippen LogP contribution is -1.97. The number of hydrogen-bond acceptors (Lipinski definition) is 4. The second-order valence-electron chi connectivity index (χ2n) is 4.31. The molecule has 0 aliphatic heterocycles. The van der Waals surface area contributed by atoms with Crippen molar-refractivity contribution in [1.82, 2.24) is 0 Å². The Morgan fingerprint density at radius 1 is 1.15 bits per heavy atom. The molecule has 2 rings (SSSR count). The van der Waals surface area contributed by atoms with Gasteiger partial charge in [0.1, 0.15) is 5.82 Å². The smallest absolute Gasteiger partial charge is 0.175 e. The van der Waals surface area contributed by atoms with Crippen molar-refractivity contribution < 1.29 is 12.8 Å². The maximum absolute atomic E-state index is 13.8. The molecule has 0 unspecified atom stereocenters. The van der Waals surface area contributed by atoms with Crippen LogP contribution < -0.4 is 5.73 Å². The molecule has 6 heteroatoms. The Kier molecular flexibility index (Phi) is 4.47. The minimum Gasteiger partial charge on any atom is -0.326 e. The van der Waals surface area contributed by atoms with Gasteiger partial charge >= 0.3 is 0 Å². The third kappa shape index (κ3) is 3.59. The summed E-state index contributed by atoms with van der Waals surface area (Å²) in [5.74, 6) is -0.329. The van der Waals surface area contributed by atoms with Gasteiger partial charge in [0.05, 0.1) is 4.90 Å². The highest BCUT2D eigenvalue weighted by atomic mass is 32.2. The lowest BCUT2D eigenvalue weighted by atomic mass is 10.2. The van der Waals surface area contributed by atoms with Crippen LogP contribution in [0.25, 0.3) is 0 Å². The maximum atomic E-state index is 13.8. The zero-order valence-corrected chi connectivity index (χ0v) is 12.5. The first-order valence-electron chi connectivity index (χ1n) is 5.86. The summed E-state index contributed by atoms with van der Waals surface area (Å²) in [6, 6.07) is 11.2. The molecule has 0 aromatic heterocycles. The van der Waals surface area contributed by atoms with Crippen molar-refractivity contribution in [3.8, 4) is 0 Å². The van der Waals surface area contributed by atoms with E-state index < -0.39 is 9.84 Å². The van der Waals surface area contributed by atoms with Crippen LogP contribution in [0.1, 0.15) is 5.56 Å². The summed E-state index contributed by atoms with van der Waals surface area (Å²) in [7, 11) is -3.21. The first-order valence-corrected chi connectivity index (χ1v) is 8.57. The SMILES string of the molecule is CS(=O)(=O)c1ccc(Sc2ccc(CN)cc2F)cc1. The van der Waals surface area contributed by atoms with Gasteiger partial charge in [-0.05, 0) is 42.0 Å². The fourth-order valence-electron chi connectivity index (χ4n) is 1.64. The summed E-state index contributed by atoms with van der Waals surface area (Å²) in [6.45, 7) is 0.297. The third-order valence-corrected chi connectivity index (χ3v) is 4.90. The Morgan fingerprint density at radius 3 is 2.30 bits per heavy atom. The van der Waals surface area contributed by atoms with E-state index in [9.17, 15) is 12.8 Å². The monoisotopic (exact) mass is 311 g/mol. The van der Waals surface area contributed by atoms with Crippen LogP contribution >= 0.6 is 11.8 Å². The average Bonchev–Trinajstić information content (AvgIpc) is 2.40. The predicted octanol–water partition coefficient (Wildman–Crippen LogP) is 2.84. The van der Waals surface area contributed by atoms with Crippen LogP contribution in [0.2, 0.25) is 0 Å². The van der Waals surface area contributed by atoms with Gasteiger partial charge in [-0.1, -0.05) is 17.8 Å². The highest BCUT2D eigenvalue weighted by Gasteiger charge is 2.08. The fraction of sp³-hybridized carbons (Fsp3) is 0.143. The van der Waals surface area contributed by atoms with Gasteiger partial charge in [-0.25, -0.2) is 12.8 Å². The predicted molar refractivity (Wildman–Crippen MR) is 78.0 cm³/mol. The highest BCUT2D eigenvalue weighted by molar-refractivity contribution is 7.99. The van der Waals surface area contributed by atoms with Crippen molar-refractivity contribution in [2.45, 2.75) is 21.2 Å². The lowest BCUT2D eigenvalue weighted by molar-refractivity contribution is 0.599. The van der Waals surface area contributed by atoms with Crippen molar-refractivity contribution >= 4 is 21.6 Å². The van der Waals surface area contributed by atoms with Crippen LogP contribution in [0.4, 0.5) is 4.39 Å². The Bertz CT molecular complexity index is 712. The zero-order valence-electron chi connectivity index (χ0n) is 10.8. The van der Waals surface area contributed by atoms with E-state index in [-0.39, 0.29) is 10.7 Å². The van der Waals surface area contributed by atoms with Gasteiger partial charge in [0, 0.05) is 22.6 Å². The largest absolute Gasteiger partial charge is 0.326 e. The molecule has 2 aromatic rings. The molecule has 0 heterocycles.